The van der Waals surface area contributed by atoms with Crippen molar-refractivity contribution in [1.82, 2.24) is 0 Å². The second-order valence-corrected chi connectivity index (χ2v) is 2.20. The van der Waals surface area contributed by atoms with Crippen LogP contribution in [0.25, 0.3) is 0 Å². The lowest BCUT2D eigenvalue weighted by atomic mass is 10.1. The first-order valence-electron chi connectivity index (χ1n) is 3.42. The van der Waals surface area contributed by atoms with Crippen LogP contribution in [0.2, 0.25) is 0 Å². The molecule has 2 heteroatoms. The Hall–Kier alpha value is -1.31. The van der Waals surface area contributed by atoms with E-state index in [0.717, 1.165) is 5.57 Å². The molecule has 0 spiro atoms. The lowest BCUT2D eigenvalue weighted by Crippen LogP contribution is -2.04. The molecule has 0 bridgehead atoms. The SMILES string of the molecule is C/C=C1/C=CC(=O)C(OC)=C1. The summed E-state index contributed by atoms with van der Waals surface area (Å²) in [5, 5.41) is 0. The normalized spacial score (nSPS) is 20.4. The van der Waals surface area contributed by atoms with Crippen LogP contribution in [0.15, 0.2) is 35.6 Å². The van der Waals surface area contributed by atoms with E-state index in [2.05, 4.69) is 0 Å². The standard InChI is InChI=1S/C9H10O2/c1-3-7-4-5-8(10)9(6-7)11-2/h3-6H,1-2H3/b7-3-. The number of ketones is 1. The predicted molar refractivity (Wildman–Crippen MR) is 43.0 cm³/mol. The van der Waals surface area contributed by atoms with Crippen molar-refractivity contribution in [2.45, 2.75) is 6.92 Å². The van der Waals surface area contributed by atoms with E-state index in [4.69, 9.17) is 4.74 Å². The van der Waals surface area contributed by atoms with E-state index in [1.807, 2.05) is 13.0 Å². The molecule has 0 atom stereocenters. The molecule has 1 aliphatic rings. The Kier molecular flexibility index (Phi) is 2.26. The maximum atomic E-state index is 11.0. The van der Waals surface area contributed by atoms with Crippen molar-refractivity contribution >= 4 is 5.78 Å². The Morgan fingerprint density at radius 1 is 1.45 bits per heavy atom. The van der Waals surface area contributed by atoms with Gasteiger partial charge in [-0.1, -0.05) is 12.2 Å². The van der Waals surface area contributed by atoms with Gasteiger partial charge in [0.05, 0.1) is 7.11 Å². The van der Waals surface area contributed by atoms with E-state index in [-0.39, 0.29) is 5.78 Å². The van der Waals surface area contributed by atoms with Crippen LogP contribution < -0.4 is 0 Å². The molecule has 0 radical (unpaired) electrons. The molecule has 0 saturated heterocycles. The molecule has 0 aromatic rings. The minimum atomic E-state index is -0.0712. The summed E-state index contributed by atoms with van der Waals surface area (Å²) in [5.74, 6) is 0.332. The smallest absolute Gasteiger partial charge is 0.220 e. The Bertz CT molecular complexity index is 257. The van der Waals surface area contributed by atoms with Crippen LogP contribution in [-0.4, -0.2) is 12.9 Å². The van der Waals surface area contributed by atoms with Gasteiger partial charge in [-0.3, -0.25) is 4.79 Å². The molecule has 0 fully saturated rings. The van der Waals surface area contributed by atoms with Crippen molar-refractivity contribution in [2.24, 2.45) is 0 Å². The minimum absolute atomic E-state index is 0.0712. The number of hydrogen-bond acceptors (Lipinski definition) is 2. The second-order valence-electron chi connectivity index (χ2n) is 2.20. The predicted octanol–water partition coefficient (Wildman–Crippen LogP) is 1.60. The zero-order valence-corrected chi connectivity index (χ0v) is 6.63. The summed E-state index contributed by atoms with van der Waals surface area (Å²) >= 11 is 0. The van der Waals surface area contributed by atoms with E-state index in [0.29, 0.717) is 5.76 Å². The maximum absolute atomic E-state index is 11.0. The number of hydrogen-bond donors (Lipinski definition) is 0. The van der Waals surface area contributed by atoms with Gasteiger partial charge >= 0.3 is 0 Å². The van der Waals surface area contributed by atoms with E-state index >= 15 is 0 Å². The number of ether oxygens (including phenoxy) is 1. The molecule has 0 aromatic heterocycles. The average molecular weight is 150 g/mol. The summed E-state index contributed by atoms with van der Waals surface area (Å²) in [6.07, 6.45) is 6.92. The summed E-state index contributed by atoms with van der Waals surface area (Å²) in [7, 11) is 1.50. The molecule has 0 N–H and O–H groups in total. The molecule has 0 unspecified atom stereocenters. The van der Waals surface area contributed by atoms with E-state index in [1.165, 1.54) is 13.2 Å². The highest BCUT2D eigenvalue weighted by molar-refractivity contribution is 6.04. The minimum Gasteiger partial charge on any atom is -0.493 e. The van der Waals surface area contributed by atoms with Crippen molar-refractivity contribution in [3.63, 3.8) is 0 Å². The third-order valence-electron chi connectivity index (χ3n) is 1.52. The first kappa shape index (κ1) is 7.79. The van der Waals surface area contributed by atoms with Crippen LogP contribution in [-0.2, 0) is 9.53 Å². The van der Waals surface area contributed by atoms with E-state index < -0.39 is 0 Å². The summed E-state index contributed by atoms with van der Waals surface area (Å²) in [4.78, 5) is 11.0. The monoisotopic (exact) mass is 150 g/mol. The zero-order chi connectivity index (χ0) is 8.27. The Morgan fingerprint density at radius 2 is 2.18 bits per heavy atom. The van der Waals surface area contributed by atoms with Gasteiger partial charge in [-0.15, -0.1) is 0 Å². The van der Waals surface area contributed by atoms with Gasteiger partial charge in [0.2, 0.25) is 5.78 Å². The van der Waals surface area contributed by atoms with Gasteiger partial charge in [-0.05, 0) is 24.6 Å². The fourth-order valence-corrected chi connectivity index (χ4v) is 0.864. The highest BCUT2D eigenvalue weighted by Gasteiger charge is 2.09. The van der Waals surface area contributed by atoms with Crippen LogP contribution in [0.4, 0.5) is 0 Å². The summed E-state index contributed by atoms with van der Waals surface area (Å²) in [6, 6.07) is 0. The van der Waals surface area contributed by atoms with E-state index in [9.17, 15) is 4.79 Å². The summed E-state index contributed by atoms with van der Waals surface area (Å²) in [5.41, 5.74) is 1.00. The third kappa shape index (κ3) is 1.58. The second kappa shape index (κ2) is 3.19. The number of carbonyl (C=O) groups is 1. The molecule has 2 nitrogen and oxygen atoms in total. The molecular formula is C9H10O2. The van der Waals surface area contributed by atoms with Crippen LogP contribution in [0.1, 0.15) is 6.92 Å². The zero-order valence-electron chi connectivity index (χ0n) is 6.63. The topological polar surface area (TPSA) is 26.3 Å². The molecule has 0 aromatic carbocycles. The highest BCUT2D eigenvalue weighted by Crippen LogP contribution is 2.12. The number of allylic oxidation sites excluding steroid dienone is 5. The van der Waals surface area contributed by atoms with Crippen molar-refractivity contribution in [3.8, 4) is 0 Å². The van der Waals surface area contributed by atoms with Crippen molar-refractivity contribution < 1.29 is 9.53 Å². The van der Waals surface area contributed by atoms with E-state index in [1.54, 1.807) is 12.2 Å². The lowest BCUT2D eigenvalue weighted by molar-refractivity contribution is -0.114. The van der Waals surface area contributed by atoms with Gasteiger partial charge in [0, 0.05) is 0 Å². The Balaban J connectivity index is 2.93. The van der Waals surface area contributed by atoms with Gasteiger partial charge in [0.15, 0.2) is 5.76 Å². The quantitative estimate of drug-likeness (QED) is 0.567. The van der Waals surface area contributed by atoms with Crippen LogP contribution >= 0.6 is 0 Å². The van der Waals surface area contributed by atoms with Crippen molar-refractivity contribution in [2.75, 3.05) is 7.11 Å². The summed E-state index contributed by atoms with van der Waals surface area (Å²) in [6.45, 7) is 1.92. The average Bonchev–Trinajstić information content (AvgIpc) is 2.05. The third-order valence-corrected chi connectivity index (χ3v) is 1.52. The van der Waals surface area contributed by atoms with Crippen LogP contribution in [0, 0.1) is 0 Å². The molecule has 11 heavy (non-hydrogen) atoms. The first-order valence-corrected chi connectivity index (χ1v) is 3.42. The van der Waals surface area contributed by atoms with Gasteiger partial charge in [-0.25, -0.2) is 0 Å². The first-order chi connectivity index (χ1) is 5.27. The van der Waals surface area contributed by atoms with Crippen LogP contribution in [0.3, 0.4) is 0 Å². The molecule has 0 heterocycles. The molecule has 58 valence electrons. The molecule has 0 amide bonds. The fourth-order valence-electron chi connectivity index (χ4n) is 0.864. The van der Waals surface area contributed by atoms with Gasteiger partial charge in [0.25, 0.3) is 0 Å². The van der Waals surface area contributed by atoms with Gasteiger partial charge in [-0.2, -0.15) is 0 Å². The van der Waals surface area contributed by atoms with Gasteiger partial charge in [0.1, 0.15) is 0 Å². The largest absolute Gasteiger partial charge is 0.493 e. The Morgan fingerprint density at radius 3 is 2.73 bits per heavy atom. The molecule has 0 saturated carbocycles. The molecule has 0 aliphatic heterocycles. The van der Waals surface area contributed by atoms with Crippen LogP contribution in [0.5, 0.6) is 0 Å². The number of carbonyl (C=O) groups excluding carboxylic acids is 1. The van der Waals surface area contributed by atoms with Crippen molar-refractivity contribution in [1.29, 1.82) is 0 Å². The van der Waals surface area contributed by atoms with Crippen molar-refractivity contribution in [3.05, 3.63) is 35.6 Å². The number of methoxy groups -OCH3 is 1. The lowest BCUT2D eigenvalue weighted by Gasteiger charge is -2.06. The highest BCUT2D eigenvalue weighted by atomic mass is 16.5. The maximum Gasteiger partial charge on any atom is 0.220 e. The molecule has 1 rings (SSSR count). The van der Waals surface area contributed by atoms with Gasteiger partial charge < -0.3 is 4.74 Å². The Labute approximate surface area is 65.9 Å². The summed E-state index contributed by atoms with van der Waals surface area (Å²) < 4.78 is 4.85. The number of rotatable bonds is 1. The molecule has 1 aliphatic carbocycles. The molecular weight excluding hydrogens is 140 g/mol. The fraction of sp³-hybridized carbons (Fsp3) is 0.222.